The Balaban J connectivity index is 2.09. The van der Waals surface area contributed by atoms with Crippen LogP contribution in [0.1, 0.15) is 45.2 Å². The van der Waals surface area contributed by atoms with Gasteiger partial charge in [0.1, 0.15) is 22.3 Å². The summed E-state index contributed by atoms with van der Waals surface area (Å²) in [4.78, 5) is 12.3. The normalized spacial score (nSPS) is 12.2. The number of hydrogen-bond donors (Lipinski definition) is 0. The summed E-state index contributed by atoms with van der Waals surface area (Å²) in [6.45, 7) is 8.30. The van der Waals surface area contributed by atoms with Crippen molar-refractivity contribution in [1.82, 2.24) is 9.78 Å². The molecular weight excluding hydrogens is 361 g/mol. The minimum Gasteiger partial charge on any atom is -0.485 e. The zero-order valence-corrected chi connectivity index (χ0v) is 16.9. The lowest BCUT2D eigenvalue weighted by Gasteiger charge is -2.27. The first-order valence-corrected chi connectivity index (χ1v) is 9.16. The van der Waals surface area contributed by atoms with E-state index in [1.165, 1.54) is 10.9 Å². The molecular formula is C19H23B2ClN2O3. The largest absolute Gasteiger partial charge is 0.485 e. The molecule has 5 nitrogen and oxygen atoms in total. The Kier molecular flexibility index (Phi) is 6.82. The summed E-state index contributed by atoms with van der Waals surface area (Å²) in [5, 5.41) is 2.82. The smallest absolute Gasteiger partial charge is 0.289 e. The van der Waals surface area contributed by atoms with E-state index in [0.29, 0.717) is 12.2 Å². The quantitative estimate of drug-likeness (QED) is 0.689. The number of aromatic nitrogens is 2. The van der Waals surface area contributed by atoms with Gasteiger partial charge in [-0.25, -0.2) is 4.68 Å². The predicted molar refractivity (Wildman–Crippen MR) is 109 cm³/mol. The standard InChI is InChI=1S/C19H23B2ClN2O3/c1-5-10-27-19(20,21)14-8-6-13(7-9-14)12-26-15-11-23-24(18(2,3)4)17(25)16(15)22/h6-9,11H,5,10,12H2,1-4H3. The van der Waals surface area contributed by atoms with Gasteiger partial charge in [-0.3, -0.25) is 4.79 Å². The van der Waals surface area contributed by atoms with Crippen molar-refractivity contribution in [2.75, 3.05) is 6.61 Å². The van der Waals surface area contributed by atoms with Gasteiger partial charge in [0.25, 0.3) is 5.56 Å². The molecule has 0 saturated carbocycles. The van der Waals surface area contributed by atoms with Crippen LogP contribution < -0.4 is 10.3 Å². The second kappa shape index (κ2) is 8.53. The van der Waals surface area contributed by atoms with Crippen molar-refractivity contribution < 1.29 is 9.47 Å². The first-order chi connectivity index (χ1) is 12.6. The van der Waals surface area contributed by atoms with Crippen LogP contribution in [0.15, 0.2) is 35.3 Å². The molecule has 1 heterocycles. The Morgan fingerprint density at radius 1 is 1.19 bits per heavy atom. The number of benzene rings is 1. The van der Waals surface area contributed by atoms with E-state index in [4.69, 9.17) is 36.8 Å². The van der Waals surface area contributed by atoms with Gasteiger partial charge in [0.15, 0.2) is 10.8 Å². The monoisotopic (exact) mass is 384 g/mol. The number of rotatable bonds is 7. The minimum atomic E-state index is -1.33. The first-order valence-electron chi connectivity index (χ1n) is 8.78. The highest BCUT2D eigenvalue weighted by atomic mass is 35.5. The predicted octanol–water partition coefficient (Wildman–Crippen LogP) is 3.10. The average molecular weight is 384 g/mol. The van der Waals surface area contributed by atoms with Crippen LogP contribution in [0.2, 0.25) is 5.02 Å². The average Bonchev–Trinajstić information content (AvgIpc) is 2.60. The lowest BCUT2D eigenvalue weighted by molar-refractivity contribution is 0.0762. The topological polar surface area (TPSA) is 53.4 Å². The molecule has 4 radical (unpaired) electrons. The van der Waals surface area contributed by atoms with Crippen LogP contribution in [0.3, 0.4) is 0 Å². The fourth-order valence-corrected chi connectivity index (χ4v) is 2.56. The van der Waals surface area contributed by atoms with Gasteiger partial charge in [-0.2, -0.15) is 5.10 Å². The van der Waals surface area contributed by atoms with Crippen LogP contribution in [-0.4, -0.2) is 32.1 Å². The van der Waals surface area contributed by atoms with Gasteiger partial charge < -0.3 is 9.47 Å². The zero-order chi connectivity index (χ0) is 20.2. The minimum absolute atomic E-state index is 0.00689. The van der Waals surface area contributed by atoms with E-state index in [0.717, 1.165) is 12.0 Å². The van der Waals surface area contributed by atoms with Crippen molar-refractivity contribution >= 4 is 27.3 Å². The highest BCUT2D eigenvalue weighted by molar-refractivity contribution is 6.38. The number of ether oxygens (including phenoxy) is 2. The van der Waals surface area contributed by atoms with Crippen molar-refractivity contribution in [3.63, 3.8) is 0 Å². The summed E-state index contributed by atoms with van der Waals surface area (Å²) in [5.41, 5.74) is 0.667. The van der Waals surface area contributed by atoms with Gasteiger partial charge in [-0.05, 0) is 38.3 Å². The van der Waals surface area contributed by atoms with Crippen molar-refractivity contribution in [1.29, 1.82) is 0 Å². The molecule has 0 N–H and O–H groups in total. The molecule has 0 amide bonds. The van der Waals surface area contributed by atoms with E-state index in [-0.39, 0.29) is 22.9 Å². The fourth-order valence-electron chi connectivity index (χ4n) is 2.37. The Hall–Kier alpha value is -1.72. The van der Waals surface area contributed by atoms with Crippen LogP contribution in [0.25, 0.3) is 0 Å². The molecule has 8 heteroatoms. The molecule has 1 aromatic heterocycles. The Labute approximate surface area is 167 Å². The van der Waals surface area contributed by atoms with Crippen LogP contribution in [0.4, 0.5) is 0 Å². The molecule has 0 spiro atoms. The van der Waals surface area contributed by atoms with Crippen molar-refractivity contribution in [2.24, 2.45) is 0 Å². The number of halogens is 1. The molecule has 0 aliphatic carbocycles. The van der Waals surface area contributed by atoms with E-state index >= 15 is 0 Å². The molecule has 0 aliphatic heterocycles. The molecule has 0 aliphatic rings. The van der Waals surface area contributed by atoms with Crippen molar-refractivity contribution in [3.05, 3.63) is 57.0 Å². The summed E-state index contributed by atoms with van der Waals surface area (Å²) in [6.07, 6.45) is 2.28. The van der Waals surface area contributed by atoms with E-state index < -0.39 is 10.9 Å². The Morgan fingerprint density at radius 2 is 1.81 bits per heavy atom. The molecule has 2 aromatic rings. The lowest BCUT2D eigenvalue weighted by atomic mass is 9.61. The summed E-state index contributed by atoms with van der Waals surface area (Å²) < 4.78 is 12.5. The second-order valence-electron chi connectivity index (χ2n) is 7.34. The summed E-state index contributed by atoms with van der Waals surface area (Å²) >= 11 is 6.16. The third-order valence-electron chi connectivity index (χ3n) is 3.87. The maximum Gasteiger partial charge on any atom is 0.289 e. The van der Waals surface area contributed by atoms with Gasteiger partial charge in [0.2, 0.25) is 0 Å². The van der Waals surface area contributed by atoms with Crippen molar-refractivity contribution in [2.45, 2.75) is 51.7 Å². The fraction of sp³-hybridized carbons (Fsp3) is 0.474. The highest BCUT2D eigenvalue weighted by Crippen LogP contribution is 2.23. The van der Waals surface area contributed by atoms with E-state index in [1.807, 2.05) is 39.8 Å². The number of nitrogens with zero attached hydrogens (tertiary/aromatic N) is 2. The van der Waals surface area contributed by atoms with E-state index in [9.17, 15) is 4.79 Å². The molecule has 1 aromatic carbocycles. The van der Waals surface area contributed by atoms with Gasteiger partial charge in [-0.15, -0.1) is 0 Å². The van der Waals surface area contributed by atoms with Crippen LogP contribution in [-0.2, 0) is 22.3 Å². The first kappa shape index (κ1) is 21.6. The van der Waals surface area contributed by atoms with Crippen LogP contribution in [0.5, 0.6) is 5.75 Å². The Bertz CT molecular complexity index is 830. The van der Waals surface area contributed by atoms with Crippen LogP contribution >= 0.6 is 11.6 Å². The molecule has 27 heavy (non-hydrogen) atoms. The molecule has 140 valence electrons. The summed E-state index contributed by atoms with van der Waals surface area (Å²) in [7, 11) is 12.0. The maximum absolute atomic E-state index is 12.3. The molecule has 2 rings (SSSR count). The Morgan fingerprint density at radius 3 is 2.37 bits per heavy atom. The summed E-state index contributed by atoms with van der Waals surface area (Å²) in [5.74, 6) is 0.240. The molecule has 0 saturated heterocycles. The van der Waals surface area contributed by atoms with Crippen molar-refractivity contribution in [3.8, 4) is 5.75 Å². The number of hydrogen-bond acceptors (Lipinski definition) is 4. The van der Waals surface area contributed by atoms with Gasteiger partial charge in [-0.1, -0.05) is 42.8 Å². The molecule has 0 atom stereocenters. The molecule has 0 bridgehead atoms. The lowest BCUT2D eigenvalue weighted by Crippen LogP contribution is -2.36. The third-order valence-corrected chi connectivity index (χ3v) is 4.21. The second-order valence-corrected chi connectivity index (χ2v) is 7.72. The third kappa shape index (κ3) is 5.39. The van der Waals surface area contributed by atoms with Crippen LogP contribution in [0, 0.1) is 0 Å². The molecule has 0 unspecified atom stereocenters. The van der Waals surface area contributed by atoms with E-state index in [2.05, 4.69) is 5.10 Å². The van der Waals surface area contributed by atoms with Gasteiger partial charge >= 0.3 is 0 Å². The maximum atomic E-state index is 12.3. The van der Waals surface area contributed by atoms with Gasteiger partial charge in [0, 0.05) is 12.0 Å². The summed E-state index contributed by atoms with van der Waals surface area (Å²) in [6, 6.07) is 7.23. The van der Waals surface area contributed by atoms with E-state index in [1.54, 1.807) is 12.1 Å². The highest BCUT2D eigenvalue weighted by Gasteiger charge is 2.21. The zero-order valence-electron chi connectivity index (χ0n) is 16.2. The van der Waals surface area contributed by atoms with Gasteiger partial charge in [0.05, 0.1) is 11.7 Å². The SMILES string of the molecule is [B]C([B])(OCCC)c1ccc(COc2cnn(C(C)(C)C)c(=O)c2Cl)cc1. The molecule has 0 fully saturated rings.